The van der Waals surface area contributed by atoms with Gasteiger partial charge in [0.1, 0.15) is 6.04 Å². The molecule has 1 aromatic rings. The Balaban J connectivity index is 2.67. The molecule has 0 aromatic heterocycles. The number of thioether (sulfide) groups is 1. The summed E-state index contributed by atoms with van der Waals surface area (Å²) >= 11 is 1.64. The molecule has 0 saturated carbocycles. The van der Waals surface area contributed by atoms with E-state index in [1.54, 1.807) is 36.0 Å². The molecule has 6 heteroatoms. The smallest absolute Gasteiger partial charge is 0.251 e. The third-order valence-electron chi connectivity index (χ3n) is 2.99. The summed E-state index contributed by atoms with van der Waals surface area (Å²) in [6, 6.07) is 8.33. The highest BCUT2D eigenvalue weighted by Gasteiger charge is 2.22. The van der Waals surface area contributed by atoms with Gasteiger partial charge in [0, 0.05) is 17.6 Å². The molecule has 0 saturated heterocycles. The number of hydrogen-bond donors (Lipinski definition) is 3. The zero-order valence-electron chi connectivity index (χ0n) is 13.4. The normalized spacial score (nSPS) is 12.5. The van der Waals surface area contributed by atoms with Gasteiger partial charge in [-0.3, -0.25) is 9.59 Å². The fourth-order valence-corrected chi connectivity index (χ4v) is 2.25. The van der Waals surface area contributed by atoms with E-state index < -0.39 is 11.6 Å². The number of nitrogens with one attached hydrogen (secondary N) is 2. The zero-order chi connectivity index (χ0) is 16.6. The summed E-state index contributed by atoms with van der Waals surface area (Å²) in [5.74, 6) is 0.352. The molecule has 0 aliphatic carbocycles. The second-order valence-electron chi connectivity index (χ2n) is 5.88. The summed E-state index contributed by atoms with van der Waals surface area (Å²) < 4.78 is 0. The molecule has 122 valence electrons. The van der Waals surface area contributed by atoms with Crippen LogP contribution in [-0.2, 0) is 4.79 Å². The van der Waals surface area contributed by atoms with E-state index in [0.717, 1.165) is 5.75 Å². The maximum atomic E-state index is 12.3. The van der Waals surface area contributed by atoms with Crippen molar-refractivity contribution in [1.82, 2.24) is 10.6 Å². The van der Waals surface area contributed by atoms with Crippen LogP contribution in [0.4, 0.5) is 0 Å². The maximum absolute atomic E-state index is 12.3. The first-order valence-corrected chi connectivity index (χ1v) is 8.64. The van der Waals surface area contributed by atoms with E-state index in [4.69, 9.17) is 5.73 Å². The van der Waals surface area contributed by atoms with Gasteiger partial charge in [0.05, 0.1) is 0 Å². The van der Waals surface area contributed by atoms with E-state index >= 15 is 0 Å². The predicted molar refractivity (Wildman–Crippen MR) is 92.0 cm³/mol. The Morgan fingerprint density at radius 3 is 2.45 bits per heavy atom. The summed E-state index contributed by atoms with van der Waals surface area (Å²) in [4.78, 5) is 24.5. The van der Waals surface area contributed by atoms with Gasteiger partial charge in [-0.2, -0.15) is 11.8 Å². The maximum Gasteiger partial charge on any atom is 0.251 e. The van der Waals surface area contributed by atoms with Crippen LogP contribution in [0.2, 0.25) is 0 Å². The van der Waals surface area contributed by atoms with Crippen LogP contribution in [0.25, 0.3) is 0 Å². The summed E-state index contributed by atoms with van der Waals surface area (Å²) in [6.45, 7) is 4.04. The molecule has 1 rings (SSSR count). The topological polar surface area (TPSA) is 84.2 Å². The Morgan fingerprint density at radius 1 is 1.27 bits per heavy atom. The highest BCUT2D eigenvalue weighted by atomic mass is 32.2. The third kappa shape index (κ3) is 6.95. The molecule has 0 radical (unpaired) electrons. The van der Waals surface area contributed by atoms with Crippen molar-refractivity contribution in [2.45, 2.75) is 31.8 Å². The van der Waals surface area contributed by atoms with Gasteiger partial charge in [0.2, 0.25) is 5.91 Å². The molecule has 0 heterocycles. The molecule has 1 aromatic carbocycles. The fourth-order valence-electron chi connectivity index (χ4n) is 1.77. The minimum Gasteiger partial charge on any atom is -0.352 e. The van der Waals surface area contributed by atoms with E-state index in [1.807, 2.05) is 26.2 Å². The number of benzene rings is 1. The van der Waals surface area contributed by atoms with E-state index in [2.05, 4.69) is 10.6 Å². The molecule has 0 aliphatic rings. The van der Waals surface area contributed by atoms with Crippen molar-refractivity contribution in [3.63, 3.8) is 0 Å². The van der Waals surface area contributed by atoms with Crippen LogP contribution in [-0.4, -0.2) is 41.9 Å². The van der Waals surface area contributed by atoms with Crippen molar-refractivity contribution < 1.29 is 9.59 Å². The molecule has 4 N–H and O–H groups in total. The van der Waals surface area contributed by atoms with Gasteiger partial charge in [0.25, 0.3) is 5.91 Å². The average Bonchev–Trinajstić information content (AvgIpc) is 2.49. The highest BCUT2D eigenvalue weighted by molar-refractivity contribution is 7.98. The molecule has 1 unspecified atom stereocenters. The Bertz CT molecular complexity index is 486. The Morgan fingerprint density at radius 2 is 1.91 bits per heavy atom. The number of amides is 2. The van der Waals surface area contributed by atoms with Gasteiger partial charge in [-0.15, -0.1) is 0 Å². The number of carbonyl (C=O) groups is 2. The van der Waals surface area contributed by atoms with Gasteiger partial charge in [-0.1, -0.05) is 18.2 Å². The van der Waals surface area contributed by atoms with Crippen LogP contribution >= 0.6 is 11.8 Å². The first kappa shape index (κ1) is 18.5. The van der Waals surface area contributed by atoms with Crippen LogP contribution in [0.15, 0.2) is 30.3 Å². The van der Waals surface area contributed by atoms with E-state index in [-0.39, 0.29) is 11.8 Å². The molecule has 22 heavy (non-hydrogen) atoms. The molecular weight excluding hydrogens is 298 g/mol. The Labute approximate surface area is 136 Å². The quantitative estimate of drug-likeness (QED) is 0.675. The van der Waals surface area contributed by atoms with Crippen LogP contribution in [0, 0.1) is 0 Å². The molecule has 0 bridgehead atoms. The monoisotopic (exact) mass is 323 g/mol. The second kappa shape index (κ2) is 8.80. The molecule has 5 nitrogen and oxygen atoms in total. The number of hydrogen-bond acceptors (Lipinski definition) is 4. The first-order chi connectivity index (χ1) is 10.3. The van der Waals surface area contributed by atoms with Gasteiger partial charge in [0.15, 0.2) is 0 Å². The minimum absolute atomic E-state index is 0.197. The van der Waals surface area contributed by atoms with Crippen molar-refractivity contribution in [1.29, 1.82) is 0 Å². The second-order valence-corrected chi connectivity index (χ2v) is 6.87. The van der Waals surface area contributed by atoms with Crippen molar-refractivity contribution in [2.24, 2.45) is 5.73 Å². The average molecular weight is 323 g/mol. The Hall–Kier alpha value is -1.53. The van der Waals surface area contributed by atoms with E-state index in [0.29, 0.717) is 18.5 Å². The molecule has 0 aliphatic heterocycles. The number of rotatable bonds is 8. The SMILES string of the molecule is CSCCC(NC(=O)c1ccccc1)C(=O)NCC(C)(C)N. The molecule has 0 spiro atoms. The van der Waals surface area contributed by atoms with E-state index in [9.17, 15) is 9.59 Å². The minimum atomic E-state index is -0.553. The molecule has 1 atom stereocenters. The summed E-state index contributed by atoms with van der Waals surface area (Å²) in [6.07, 6.45) is 2.55. The summed E-state index contributed by atoms with van der Waals surface area (Å²) in [5, 5.41) is 5.60. The standard InChI is InChI=1S/C16H25N3O2S/c1-16(2,17)11-18-15(21)13(9-10-22-3)19-14(20)12-7-5-4-6-8-12/h4-8,13H,9-11,17H2,1-3H3,(H,18,21)(H,19,20). The fraction of sp³-hybridized carbons (Fsp3) is 0.500. The zero-order valence-corrected chi connectivity index (χ0v) is 14.2. The van der Waals surface area contributed by atoms with Crippen molar-refractivity contribution >= 4 is 23.6 Å². The van der Waals surface area contributed by atoms with Gasteiger partial charge in [-0.25, -0.2) is 0 Å². The Kier molecular flexibility index (Phi) is 7.41. The number of nitrogens with two attached hydrogens (primary N) is 1. The van der Waals surface area contributed by atoms with Crippen LogP contribution in [0.1, 0.15) is 30.6 Å². The van der Waals surface area contributed by atoms with Crippen molar-refractivity contribution in [3.05, 3.63) is 35.9 Å². The molecule has 0 fully saturated rings. The van der Waals surface area contributed by atoms with Crippen molar-refractivity contribution in [3.8, 4) is 0 Å². The molecule has 2 amide bonds. The van der Waals surface area contributed by atoms with Gasteiger partial charge in [-0.05, 0) is 44.4 Å². The van der Waals surface area contributed by atoms with E-state index in [1.165, 1.54) is 0 Å². The lowest BCUT2D eigenvalue weighted by Crippen LogP contribution is -2.52. The largest absolute Gasteiger partial charge is 0.352 e. The summed E-state index contributed by atoms with van der Waals surface area (Å²) in [7, 11) is 0. The van der Waals surface area contributed by atoms with Gasteiger partial charge >= 0.3 is 0 Å². The molecular formula is C16H25N3O2S. The summed E-state index contributed by atoms with van der Waals surface area (Å²) in [5.41, 5.74) is 5.93. The first-order valence-electron chi connectivity index (χ1n) is 7.25. The highest BCUT2D eigenvalue weighted by Crippen LogP contribution is 2.05. The third-order valence-corrected chi connectivity index (χ3v) is 3.63. The van der Waals surface area contributed by atoms with Crippen LogP contribution in [0.5, 0.6) is 0 Å². The van der Waals surface area contributed by atoms with Gasteiger partial charge < -0.3 is 16.4 Å². The predicted octanol–water partition coefficient (Wildman–Crippen LogP) is 1.39. The van der Waals surface area contributed by atoms with Crippen LogP contribution in [0.3, 0.4) is 0 Å². The number of carbonyl (C=O) groups excluding carboxylic acids is 2. The van der Waals surface area contributed by atoms with Crippen molar-refractivity contribution in [2.75, 3.05) is 18.6 Å². The lowest BCUT2D eigenvalue weighted by Gasteiger charge is -2.23. The van der Waals surface area contributed by atoms with Crippen LogP contribution < -0.4 is 16.4 Å². The lowest BCUT2D eigenvalue weighted by molar-refractivity contribution is -0.123. The lowest BCUT2D eigenvalue weighted by atomic mass is 10.1.